The van der Waals surface area contributed by atoms with Crippen molar-refractivity contribution in [1.82, 2.24) is 10.6 Å². The van der Waals surface area contributed by atoms with Crippen molar-refractivity contribution in [2.45, 2.75) is 6.42 Å². The number of carbonyl (C=O) groups excluding carboxylic acids is 2. The van der Waals surface area contributed by atoms with Gasteiger partial charge in [0.2, 0.25) is 5.91 Å². The molecule has 0 fully saturated rings. The Labute approximate surface area is 114 Å². The van der Waals surface area contributed by atoms with Gasteiger partial charge in [0.1, 0.15) is 0 Å². The molecule has 0 unspecified atom stereocenters. The molecular weight excluding hydrogens is 274 g/mol. The zero-order chi connectivity index (χ0) is 14.3. The van der Waals surface area contributed by atoms with Gasteiger partial charge in [-0.25, -0.2) is 4.79 Å². The van der Waals surface area contributed by atoms with E-state index in [4.69, 9.17) is 11.6 Å². The molecule has 0 radical (unpaired) electrons. The van der Waals surface area contributed by atoms with Crippen LogP contribution < -0.4 is 10.6 Å². The van der Waals surface area contributed by atoms with Crippen LogP contribution >= 0.6 is 11.6 Å². The summed E-state index contributed by atoms with van der Waals surface area (Å²) in [5.74, 6) is -0.396. The van der Waals surface area contributed by atoms with Gasteiger partial charge >= 0.3 is 6.03 Å². The fourth-order valence-electron chi connectivity index (χ4n) is 1.39. The van der Waals surface area contributed by atoms with Gasteiger partial charge in [0, 0.05) is 24.1 Å². The molecule has 0 saturated heterocycles. The zero-order valence-corrected chi connectivity index (χ0v) is 10.6. The van der Waals surface area contributed by atoms with Crippen LogP contribution in [0, 0.1) is 10.1 Å². The summed E-state index contributed by atoms with van der Waals surface area (Å²) in [7, 11) is 0. The lowest BCUT2D eigenvalue weighted by atomic mass is 10.1. The van der Waals surface area contributed by atoms with Crippen LogP contribution in [0.25, 0.3) is 0 Å². The number of nitrogens with one attached hydrogen (secondary N) is 2. The smallest absolute Gasteiger partial charge is 0.321 e. The molecule has 0 bridgehead atoms. The van der Waals surface area contributed by atoms with Crippen molar-refractivity contribution in [1.29, 1.82) is 0 Å². The molecule has 8 heteroatoms. The number of rotatable bonds is 5. The van der Waals surface area contributed by atoms with E-state index >= 15 is 0 Å². The molecule has 0 heterocycles. The second-order valence-corrected chi connectivity index (χ2v) is 3.93. The third-order valence-electron chi connectivity index (χ3n) is 2.17. The van der Waals surface area contributed by atoms with E-state index in [9.17, 15) is 19.7 Å². The van der Waals surface area contributed by atoms with Gasteiger partial charge in [-0.15, -0.1) is 11.6 Å². The summed E-state index contributed by atoms with van der Waals surface area (Å²) in [4.78, 5) is 32.9. The van der Waals surface area contributed by atoms with E-state index in [1.165, 1.54) is 18.2 Å². The number of hydrogen-bond donors (Lipinski definition) is 2. The Hall–Kier alpha value is -2.15. The number of imide groups is 1. The van der Waals surface area contributed by atoms with E-state index in [1.54, 1.807) is 6.07 Å². The van der Waals surface area contributed by atoms with Crippen molar-refractivity contribution in [3.05, 3.63) is 39.9 Å². The summed E-state index contributed by atoms with van der Waals surface area (Å²) in [6, 6.07) is 5.18. The average molecular weight is 286 g/mol. The minimum absolute atomic E-state index is 0.154. The molecule has 0 aliphatic rings. The van der Waals surface area contributed by atoms with Crippen molar-refractivity contribution < 1.29 is 14.5 Å². The van der Waals surface area contributed by atoms with Gasteiger partial charge in [-0.1, -0.05) is 18.2 Å². The van der Waals surface area contributed by atoms with Crippen molar-refractivity contribution in [2.75, 3.05) is 12.4 Å². The lowest BCUT2D eigenvalue weighted by Gasteiger charge is -2.05. The maximum Gasteiger partial charge on any atom is 0.321 e. The number of urea groups is 1. The molecule has 1 aromatic carbocycles. The van der Waals surface area contributed by atoms with E-state index in [0.29, 0.717) is 0 Å². The minimum Gasteiger partial charge on any atom is -0.337 e. The number of alkyl halides is 1. The molecule has 3 amide bonds. The molecule has 7 nitrogen and oxygen atoms in total. The van der Waals surface area contributed by atoms with E-state index in [-0.39, 0.29) is 30.1 Å². The van der Waals surface area contributed by atoms with E-state index < -0.39 is 16.9 Å². The molecule has 19 heavy (non-hydrogen) atoms. The molecule has 0 aliphatic carbocycles. The summed E-state index contributed by atoms with van der Waals surface area (Å²) >= 11 is 5.37. The van der Waals surface area contributed by atoms with Gasteiger partial charge in [-0.2, -0.15) is 0 Å². The Bertz CT molecular complexity index is 493. The predicted octanol–water partition coefficient (Wildman–Crippen LogP) is 1.20. The number of benzene rings is 1. The van der Waals surface area contributed by atoms with Crippen LogP contribution in [0.1, 0.15) is 5.56 Å². The number of nitro benzene ring substituents is 1. The first-order chi connectivity index (χ1) is 9.04. The van der Waals surface area contributed by atoms with Gasteiger partial charge in [0.05, 0.1) is 11.3 Å². The van der Waals surface area contributed by atoms with Crippen LogP contribution in [0.3, 0.4) is 0 Å². The highest BCUT2D eigenvalue weighted by Crippen LogP contribution is 2.17. The fourth-order valence-corrected chi connectivity index (χ4v) is 1.48. The summed E-state index contributed by atoms with van der Waals surface area (Å²) in [6.45, 7) is 0.228. The van der Waals surface area contributed by atoms with Gasteiger partial charge < -0.3 is 5.32 Å². The van der Waals surface area contributed by atoms with Crippen LogP contribution in [-0.2, 0) is 11.2 Å². The molecule has 0 aliphatic heterocycles. The second kappa shape index (κ2) is 7.32. The van der Waals surface area contributed by atoms with Crippen LogP contribution in [0.4, 0.5) is 10.5 Å². The summed E-state index contributed by atoms with van der Waals surface area (Å²) in [5.41, 5.74) is 0.0916. The number of hydrogen-bond acceptors (Lipinski definition) is 4. The Balaban J connectivity index is 2.62. The molecule has 0 spiro atoms. The molecule has 1 rings (SSSR count). The monoisotopic (exact) mass is 285 g/mol. The highest BCUT2D eigenvalue weighted by molar-refractivity contribution is 6.18. The number of carbonyl (C=O) groups is 2. The maximum atomic E-state index is 11.5. The summed E-state index contributed by atoms with van der Waals surface area (Å²) < 4.78 is 0. The molecule has 1 aromatic rings. The van der Waals surface area contributed by atoms with Gasteiger partial charge in [-0.05, 0) is 0 Å². The second-order valence-electron chi connectivity index (χ2n) is 3.56. The van der Waals surface area contributed by atoms with Gasteiger partial charge in [0.15, 0.2) is 0 Å². The number of nitro groups is 1. The Morgan fingerprint density at radius 2 is 2.00 bits per heavy atom. The van der Waals surface area contributed by atoms with E-state index in [1.807, 2.05) is 0 Å². The number of halogens is 1. The maximum absolute atomic E-state index is 11.5. The largest absolute Gasteiger partial charge is 0.337 e. The third kappa shape index (κ3) is 4.92. The molecule has 102 valence electrons. The van der Waals surface area contributed by atoms with Crippen LogP contribution in [0.5, 0.6) is 0 Å². The van der Waals surface area contributed by atoms with E-state index in [2.05, 4.69) is 10.6 Å². The third-order valence-corrected chi connectivity index (χ3v) is 2.36. The first-order valence-electron chi connectivity index (χ1n) is 5.40. The van der Waals surface area contributed by atoms with Crippen molar-refractivity contribution in [2.24, 2.45) is 0 Å². The highest BCUT2D eigenvalue weighted by Gasteiger charge is 2.16. The average Bonchev–Trinajstić information content (AvgIpc) is 2.36. The summed E-state index contributed by atoms with van der Waals surface area (Å²) in [6.07, 6.45) is -0.245. The summed E-state index contributed by atoms with van der Waals surface area (Å²) in [5, 5.41) is 15.2. The normalized spacial score (nSPS) is 9.74. The number of amides is 3. The van der Waals surface area contributed by atoms with E-state index in [0.717, 1.165) is 0 Å². The van der Waals surface area contributed by atoms with Crippen LogP contribution in [0.15, 0.2) is 24.3 Å². The molecule has 0 saturated carbocycles. The van der Waals surface area contributed by atoms with Crippen LogP contribution in [0.2, 0.25) is 0 Å². The molecule has 0 atom stereocenters. The number of nitrogens with zero attached hydrogens (tertiary/aromatic N) is 1. The topological polar surface area (TPSA) is 101 Å². The lowest BCUT2D eigenvalue weighted by molar-refractivity contribution is -0.385. The van der Waals surface area contributed by atoms with Crippen molar-refractivity contribution in [3.8, 4) is 0 Å². The Morgan fingerprint density at radius 1 is 1.32 bits per heavy atom. The Morgan fingerprint density at radius 3 is 2.63 bits per heavy atom. The predicted molar refractivity (Wildman–Crippen MR) is 69.1 cm³/mol. The lowest BCUT2D eigenvalue weighted by Crippen LogP contribution is -2.40. The zero-order valence-electron chi connectivity index (χ0n) is 9.89. The Kier molecular flexibility index (Phi) is 5.74. The van der Waals surface area contributed by atoms with Crippen LogP contribution in [-0.4, -0.2) is 29.3 Å². The standard InChI is InChI=1S/C11H12ClN3O4/c12-5-6-13-11(17)14-10(16)7-8-3-1-2-4-9(8)15(18)19/h1-4H,5-7H2,(H2,13,14,16,17). The minimum atomic E-state index is -0.677. The highest BCUT2D eigenvalue weighted by atomic mass is 35.5. The first-order valence-corrected chi connectivity index (χ1v) is 5.94. The molecule has 2 N–H and O–H groups in total. The van der Waals surface area contributed by atoms with Crippen molar-refractivity contribution in [3.63, 3.8) is 0 Å². The molecular formula is C11H12ClN3O4. The van der Waals surface area contributed by atoms with Gasteiger partial charge in [0.25, 0.3) is 5.69 Å². The van der Waals surface area contributed by atoms with Crippen molar-refractivity contribution >= 4 is 29.2 Å². The SMILES string of the molecule is O=C(Cc1ccccc1[N+](=O)[O-])NC(=O)NCCCl. The number of para-hydroxylation sites is 1. The molecule has 0 aromatic heterocycles. The van der Waals surface area contributed by atoms with Gasteiger partial charge in [-0.3, -0.25) is 20.2 Å². The fraction of sp³-hybridized carbons (Fsp3) is 0.273. The first kappa shape index (κ1) is 14.9. The quantitative estimate of drug-likeness (QED) is 0.482.